The van der Waals surface area contributed by atoms with Crippen molar-refractivity contribution in [3.05, 3.63) is 35.9 Å². The minimum Gasteiger partial charge on any atom is -0.465 e. The van der Waals surface area contributed by atoms with Gasteiger partial charge in [0.25, 0.3) is 0 Å². The number of hydrogen-bond donors (Lipinski definition) is 0. The summed E-state index contributed by atoms with van der Waals surface area (Å²) >= 11 is 0. The first-order valence-electron chi connectivity index (χ1n) is 4.92. The van der Waals surface area contributed by atoms with Gasteiger partial charge in [-0.3, -0.25) is 4.79 Å². The molecule has 1 saturated heterocycles. The van der Waals surface area contributed by atoms with Gasteiger partial charge in [0, 0.05) is 0 Å². The molecule has 2 rings (SSSR count). The average Bonchev–Trinajstić information content (AvgIpc) is 2.48. The largest absolute Gasteiger partial charge is 0.465 e. The summed E-state index contributed by atoms with van der Waals surface area (Å²) in [5.41, 5.74) is 0.898. The first kappa shape index (κ1) is 9.25. The lowest BCUT2D eigenvalue weighted by Crippen LogP contribution is -2.24. The Bertz CT molecular complexity index is 331. The Kier molecular flexibility index (Phi) is 2.28. The predicted molar refractivity (Wildman–Crippen MR) is 53.8 cm³/mol. The molecular formula is C12H14O2. The standard InChI is InChI=1S/C12H14O2/c1-12(7-8-14-11(12)13)9-10-5-3-2-4-6-10/h2-6H,7-9H2,1H3/t12-/m1/s1. The van der Waals surface area contributed by atoms with Crippen LogP contribution in [0.4, 0.5) is 0 Å². The van der Waals surface area contributed by atoms with Crippen molar-refractivity contribution in [1.29, 1.82) is 0 Å². The van der Waals surface area contributed by atoms with Crippen molar-refractivity contribution in [1.82, 2.24) is 0 Å². The number of rotatable bonds is 2. The molecule has 2 nitrogen and oxygen atoms in total. The third-order valence-electron chi connectivity index (χ3n) is 2.82. The molecule has 0 saturated carbocycles. The van der Waals surface area contributed by atoms with Crippen molar-refractivity contribution in [3.8, 4) is 0 Å². The van der Waals surface area contributed by atoms with Crippen molar-refractivity contribution in [2.45, 2.75) is 19.8 Å². The van der Waals surface area contributed by atoms with E-state index in [4.69, 9.17) is 4.74 Å². The highest BCUT2D eigenvalue weighted by molar-refractivity contribution is 5.78. The van der Waals surface area contributed by atoms with Crippen LogP contribution in [0, 0.1) is 5.41 Å². The van der Waals surface area contributed by atoms with E-state index in [1.54, 1.807) is 0 Å². The molecule has 0 unspecified atom stereocenters. The van der Waals surface area contributed by atoms with Gasteiger partial charge in [0.15, 0.2) is 0 Å². The van der Waals surface area contributed by atoms with Gasteiger partial charge in [0.1, 0.15) is 0 Å². The first-order valence-corrected chi connectivity index (χ1v) is 4.92. The van der Waals surface area contributed by atoms with Crippen LogP contribution in [0.15, 0.2) is 30.3 Å². The van der Waals surface area contributed by atoms with Crippen molar-refractivity contribution in [3.63, 3.8) is 0 Å². The summed E-state index contributed by atoms with van der Waals surface area (Å²) in [6.45, 7) is 2.55. The van der Waals surface area contributed by atoms with Crippen LogP contribution in [0.1, 0.15) is 18.9 Å². The molecule has 74 valence electrons. The van der Waals surface area contributed by atoms with E-state index in [1.165, 1.54) is 5.56 Å². The van der Waals surface area contributed by atoms with Crippen molar-refractivity contribution in [2.75, 3.05) is 6.61 Å². The minimum absolute atomic E-state index is 0.0543. The van der Waals surface area contributed by atoms with Crippen LogP contribution < -0.4 is 0 Å². The van der Waals surface area contributed by atoms with Gasteiger partial charge in [-0.05, 0) is 25.3 Å². The highest BCUT2D eigenvalue weighted by atomic mass is 16.5. The van der Waals surface area contributed by atoms with Gasteiger partial charge < -0.3 is 4.74 Å². The molecule has 0 aliphatic carbocycles. The summed E-state index contributed by atoms with van der Waals surface area (Å²) in [5, 5.41) is 0. The fraction of sp³-hybridized carbons (Fsp3) is 0.417. The van der Waals surface area contributed by atoms with Crippen LogP contribution in [0.3, 0.4) is 0 Å². The van der Waals surface area contributed by atoms with Gasteiger partial charge in [-0.2, -0.15) is 0 Å². The number of carbonyl (C=O) groups excluding carboxylic acids is 1. The average molecular weight is 190 g/mol. The lowest BCUT2D eigenvalue weighted by atomic mass is 9.82. The Morgan fingerprint density at radius 1 is 1.36 bits per heavy atom. The van der Waals surface area contributed by atoms with Gasteiger partial charge >= 0.3 is 5.97 Å². The van der Waals surface area contributed by atoms with Crippen LogP contribution in [0.25, 0.3) is 0 Å². The van der Waals surface area contributed by atoms with E-state index in [2.05, 4.69) is 12.1 Å². The second-order valence-corrected chi connectivity index (χ2v) is 4.11. The monoisotopic (exact) mass is 190 g/mol. The van der Waals surface area contributed by atoms with Gasteiger partial charge in [-0.15, -0.1) is 0 Å². The summed E-state index contributed by atoms with van der Waals surface area (Å²) in [6, 6.07) is 10.1. The molecular weight excluding hydrogens is 176 g/mol. The fourth-order valence-electron chi connectivity index (χ4n) is 1.85. The fourth-order valence-corrected chi connectivity index (χ4v) is 1.85. The molecule has 0 radical (unpaired) electrons. The SMILES string of the molecule is C[C@]1(Cc2ccccc2)CCOC1=O. The van der Waals surface area contributed by atoms with Crippen LogP contribution in [-0.2, 0) is 16.0 Å². The van der Waals surface area contributed by atoms with Gasteiger partial charge in [-0.1, -0.05) is 30.3 Å². The Morgan fingerprint density at radius 2 is 2.07 bits per heavy atom. The molecule has 1 atom stereocenters. The molecule has 0 spiro atoms. The molecule has 1 heterocycles. The molecule has 1 fully saturated rings. The van der Waals surface area contributed by atoms with E-state index in [1.807, 2.05) is 25.1 Å². The lowest BCUT2D eigenvalue weighted by molar-refractivity contribution is -0.145. The number of benzene rings is 1. The zero-order chi connectivity index (χ0) is 10.0. The summed E-state index contributed by atoms with van der Waals surface area (Å²) in [6.07, 6.45) is 1.62. The van der Waals surface area contributed by atoms with E-state index in [9.17, 15) is 4.79 Å². The summed E-state index contributed by atoms with van der Waals surface area (Å²) in [5.74, 6) is -0.0543. The second-order valence-electron chi connectivity index (χ2n) is 4.11. The van der Waals surface area contributed by atoms with E-state index in [0.717, 1.165) is 12.8 Å². The second kappa shape index (κ2) is 3.45. The number of carbonyl (C=O) groups is 1. The molecule has 1 aromatic carbocycles. The normalized spacial score (nSPS) is 26.2. The van der Waals surface area contributed by atoms with E-state index < -0.39 is 0 Å². The van der Waals surface area contributed by atoms with Crippen LogP contribution in [-0.4, -0.2) is 12.6 Å². The maximum absolute atomic E-state index is 11.5. The molecule has 1 aromatic rings. The maximum atomic E-state index is 11.5. The first-order chi connectivity index (χ1) is 6.71. The zero-order valence-electron chi connectivity index (χ0n) is 8.32. The molecule has 0 amide bonds. The Labute approximate surface area is 83.9 Å². The van der Waals surface area contributed by atoms with Crippen molar-refractivity contribution < 1.29 is 9.53 Å². The molecule has 1 aliphatic rings. The van der Waals surface area contributed by atoms with Gasteiger partial charge in [0.2, 0.25) is 0 Å². The molecule has 14 heavy (non-hydrogen) atoms. The van der Waals surface area contributed by atoms with Crippen LogP contribution in [0.2, 0.25) is 0 Å². The highest BCUT2D eigenvalue weighted by Crippen LogP contribution is 2.32. The van der Waals surface area contributed by atoms with Crippen LogP contribution >= 0.6 is 0 Å². The molecule has 0 aromatic heterocycles. The minimum atomic E-state index is -0.304. The number of ether oxygens (including phenoxy) is 1. The highest BCUT2D eigenvalue weighted by Gasteiger charge is 2.39. The molecule has 0 N–H and O–H groups in total. The van der Waals surface area contributed by atoms with Gasteiger partial charge in [0.05, 0.1) is 12.0 Å². The van der Waals surface area contributed by atoms with Crippen LogP contribution in [0.5, 0.6) is 0 Å². The molecule has 1 aliphatic heterocycles. The summed E-state index contributed by atoms with van der Waals surface area (Å²) in [4.78, 5) is 11.5. The summed E-state index contributed by atoms with van der Waals surface area (Å²) < 4.78 is 5.00. The van der Waals surface area contributed by atoms with Gasteiger partial charge in [-0.25, -0.2) is 0 Å². The van der Waals surface area contributed by atoms with E-state index >= 15 is 0 Å². The molecule has 2 heteroatoms. The number of hydrogen-bond acceptors (Lipinski definition) is 2. The quantitative estimate of drug-likeness (QED) is 0.668. The predicted octanol–water partition coefficient (Wildman–Crippen LogP) is 2.18. The lowest BCUT2D eigenvalue weighted by Gasteiger charge is -2.18. The topological polar surface area (TPSA) is 26.3 Å². The van der Waals surface area contributed by atoms with Crippen molar-refractivity contribution in [2.24, 2.45) is 5.41 Å². The Morgan fingerprint density at radius 3 is 2.64 bits per heavy atom. The third-order valence-corrected chi connectivity index (χ3v) is 2.82. The molecule has 0 bridgehead atoms. The third kappa shape index (κ3) is 1.65. The smallest absolute Gasteiger partial charge is 0.312 e. The van der Waals surface area contributed by atoms with E-state index in [0.29, 0.717) is 6.61 Å². The Hall–Kier alpha value is -1.31. The van der Waals surface area contributed by atoms with Crippen molar-refractivity contribution >= 4 is 5.97 Å². The zero-order valence-corrected chi connectivity index (χ0v) is 8.32. The maximum Gasteiger partial charge on any atom is 0.312 e. The van der Waals surface area contributed by atoms with E-state index in [-0.39, 0.29) is 11.4 Å². The number of cyclic esters (lactones) is 1. The Balaban J connectivity index is 2.14. The number of esters is 1. The summed E-state index contributed by atoms with van der Waals surface area (Å²) in [7, 11) is 0.